The first kappa shape index (κ1) is 12.9. The number of aryl methyl sites for hydroxylation is 1. The van der Waals surface area contributed by atoms with Gasteiger partial charge in [-0.15, -0.1) is 0 Å². The van der Waals surface area contributed by atoms with Crippen molar-refractivity contribution in [1.29, 1.82) is 0 Å². The average molecular weight is 264 g/mol. The molecule has 1 spiro atoms. The van der Waals surface area contributed by atoms with Crippen molar-refractivity contribution in [1.82, 2.24) is 10.3 Å². The third-order valence-corrected chi connectivity index (χ3v) is 4.54. The Hall–Kier alpha value is -1.16. The summed E-state index contributed by atoms with van der Waals surface area (Å²) in [5.74, 6) is -0.158. The molecule has 19 heavy (non-hydrogen) atoms. The van der Waals surface area contributed by atoms with Gasteiger partial charge in [0.05, 0.1) is 0 Å². The first-order chi connectivity index (χ1) is 9.21. The second kappa shape index (κ2) is 5.08. The highest BCUT2D eigenvalue weighted by molar-refractivity contribution is 5.20. The SMILES string of the molecule is CCc1cnc(OC2CCC3(CC2)CNC3)c(F)c1. The van der Waals surface area contributed by atoms with Gasteiger partial charge in [0.1, 0.15) is 6.10 Å². The monoisotopic (exact) mass is 264 g/mol. The highest BCUT2D eigenvalue weighted by Crippen LogP contribution is 2.40. The van der Waals surface area contributed by atoms with E-state index in [9.17, 15) is 4.39 Å². The van der Waals surface area contributed by atoms with E-state index in [2.05, 4.69) is 10.3 Å². The highest BCUT2D eigenvalue weighted by atomic mass is 19.1. The lowest BCUT2D eigenvalue weighted by Gasteiger charge is -2.47. The van der Waals surface area contributed by atoms with E-state index >= 15 is 0 Å². The van der Waals surface area contributed by atoms with Crippen LogP contribution >= 0.6 is 0 Å². The fourth-order valence-corrected chi connectivity index (χ4v) is 3.06. The van der Waals surface area contributed by atoms with Crippen molar-refractivity contribution < 1.29 is 9.13 Å². The summed E-state index contributed by atoms with van der Waals surface area (Å²) < 4.78 is 19.6. The minimum Gasteiger partial charge on any atom is -0.472 e. The van der Waals surface area contributed by atoms with Crippen LogP contribution in [-0.2, 0) is 6.42 Å². The molecule has 1 N–H and O–H groups in total. The van der Waals surface area contributed by atoms with E-state index in [1.165, 1.54) is 18.9 Å². The maximum absolute atomic E-state index is 13.8. The normalized spacial score (nSPS) is 22.2. The van der Waals surface area contributed by atoms with E-state index in [0.29, 0.717) is 5.41 Å². The minimum absolute atomic E-state index is 0.126. The summed E-state index contributed by atoms with van der Waals surface area (Å²) in [5.41, 5.74) is 1.42. The van der Waals surface area contributed by atoms with Crippen LogP contribution in [0.15, 0.2) is 12.3 Å². The molecule has 1 aromatic rings. The van der Waals surface area contributed by atoms with Gasteiger partial charge in [0.15, 0.2) is 5.82 Å². The summed E-state index contributed by atoms with van der Waals surface area (Å²) >= 11 is 0. The van der Waals surface area contributed by atoms with E-state index in [0.717, 1.165) is 37.9 Å². The van der Waals surface area contributed by atoms with Crippen molar-refractivity contribution in [2.24, 2.45) is 5.41 Å². The molecule has 0 aromatic carbocycles. The number of halogens is 1. The molecular formula is C15H21FN2O. The van der Waals surface area contributed by atoms with Crippen molar-refractivity contribution in [2.45, 2.75) is 45.1 Å². The molecule has 3 rings (SSSR count). The van der Waals surface area contributed by atoms with Crippen molar-refractivity contribution in [3.8, 4) is 5.88 Å². The third kappa shape index (κ3) is 2.59. The molecule has 4 heteroatoms. The molecule has 0 bridgehead atoms. The summed E-state index contributed by atoms with van der Waals surface area (Å²) in [6.07, 6.45) is 7.01. The van der Waals surface area contributed by atoms with E-state index in [4.69, 9.17) is 4.74 Å². The zero-order chi connectivity index (χ0) is 13.3. The number of nitrogens with zero attached hydrogens (tertiary/aromatic N) is 1. The quantitative estimate of drug-likeness (QED) is 0.911. The zero-order valence-electron chi connectivity index (χ0n) is 11.4. The smallest absolute Gasteiger partial charge is 0.250 e. The summed E-state index contributed by atoms with van der Waals surface area (Å²) in [4.78, 5) is 4.10. The van der Waals surface area contributed by atoms with Crippen molar-refractivity contribution >= 4 is 0 Å². The first-order valence-corrected chi connectivity index (χ1v) is 7.23. The van der Waals surface area contributed by atoms with Gasteiger partial charge in [-0.2, -0.15) is 0 Å². The van der Waals surface area contributed by atoms with Crippen LogP contribution in [0.1, 0.15) is 38.2 Å². The summed E-state index contributed by atoms with van der Waals surface area (Å²) in [5, 5.41) is 3.34. The van der Waals surface area contributed by atoms with Crippen LogP contribution in [0.25, 0.3) is 0 Å². The van der Waals surface area contributed by atoms with Crippen LogP contribution in [-0.4, -0.2) is 24.2 Å². The third-order valence-electron chi connectivity index (χ3n) is 4.54. The van der Waals surface area contributed by atoms with Crippen LogP contribution in [0, 0.1) is 11.2 Å². The highest BCUT2D eigenvalue weighted by Gasteiger charge is 2.40. The van der Waals surface area contributed by atoms with Gasteiger partial charge >= 0.3 is 0 Å². The van der Waals surface area contributed by atoms with E-state index < -0.39 is 0 Å². The van der Waals surface area contributed by atoms with Gasteiger partial charge in [-0.1, -0.05) is 6.92 Å². The summed E-state index contributed by atoms with van der Waals surface area (Å²) in [6.45, 7) is 4.26. The largest absolute Gasteiger partial charge is 0.472 e. The van der Waals surface area contributed by atoms with Crippen LogP contribution in [0.5, 0.6) is 5.88 Å². The molecule has 1 aliphatic heterocycles. The van der Waals surface area contributed by atoms with Gasteiger partial charge in [0, 0.05) is 19.3 Å². The number of rotatable bonds is 3. The van der Waals surface area contributed by atoms with E-state index in [1.54, 1.807) is 6.20 Å². The molecule has 1 saturated carbocycles. The predicted octanol–water partition coefficient (Wildman–Crippen LogP) is 2.69. The molecule has 1 aliphatic carbocycles. The van der Waals surface area contributed by atoms with Crippen LogP contribution in [0.4, 0.5) is 4.39 Å². The topological polar surface area (TPSA) is 34.1 Å². The van der Waals surface area contributed by atoms with Crippen LogP contribution in [0.2, 0.25) is 0 Å². The Morgan fingerprint density at radius 2 is 2.16 bits per heavy atom. The minimum atomic E-state index is -0.329. The Bertz CT molecular complexity index is 449. The average Bonchev–Trinajstić information content (AvgIpc) is 2.40. The maximum Gasteiger partial charge on any atom is 0.250 e. The molecular weight excluding hydrogens is 243 g/mol. The molecule has 2 fully saturated rings. The zero-order valence-corrected chi connectivity index (χ0v) is 11.4. The fraction of sp³-hybridized carbons (Fsp3) is 0.667. The van der Waals surface area contributed by atoms with E-state index in [-0.39, 0.29) is 17.8 Å². The first-order valence-electron chi connectivity index (χ1n) is 7.23. The van der Waals surface area contributed by atoms with Gasteiger partial charge < -0.3 is 10.1 Å². The molecule has 2 aliphatic rings. The maximum atomic E-state index is 13.8. The summed E-state index contributed by atoms with van der Waals surface area (Å²) in [7, 11) is 0. The van der Waals surface area contributed by atoms with Crippen LogP contribution < -0.4 is 10.1 Å². The lowest BCUT2D eigenvalue weighted by atomic mass is 9.69. The molecule has 1 aromatic heterocycles. The summed E-state index contributed by atoms with van der Waals surface area (Å²) in [6, 6.07) is 1.53. The molecule has 3 nitrogen and oxygen atoms in total. The van der Waals surface area contributed by atoms with Gasteiger partial charge in [0.25, 0.3) is 5.88 Å². The van der Waals surface area contributed by atoms with Gasteiger partial charge in [-0.3, -0.25) is 0 Å². The molecule has 2 heterocycles. The number of nitrogens with one attached hydrogen (secondary N) is 1. The molecule has 1 saturated heterocycles. The number of ether oxygens (including phenoxy) is 1. The van der Waals surface area contributed by atoms with Crippen LogP contribution in [0.3, 0.4) is 0 Å². The predicted molar refractivity (Wildman–Crippen MR) is 71.8 cm³/mol. The Morgan fingerprint density at radius 1 is 1.42 bits per heavy atom. The van der Waals surface area contributed by atoms with E-state index in [1.807, 2.05) is 6.92 Å². The van der Waals surface area contributed by atoms with Crippen molar-refractivity contribution in [3.63, 3.8) is 0 Å². The molecule has 0 amide bonds. The van der Waals surface area contributed by atoms with Gasteiger partial charge in [0.2, 0.25) is 0 Å². The Labute approximate surface area is 113 Å². The molecule has 104 valence electrons. The number of hydrogen-bond acceptors (Lipinski definition) is 3. The van der Waals surface area contributed by atoms with Gasteiger partial charge in [-0.05, 0) is 49.1 Å². The molecule has 0 atom stereocenters. The lowest BCUT2D eigenvalue weighted by Crippen LogP contribution is -2.55. The molecule has 0 radical (unpaired) electrons. The lowest BCUT2D eigenvalue weighted by molar-refractivity contribution is 0.0384. The Balaban J connectivity index is 1.60. The Morgan fingerprint density at radius 3 is 2.68 bits per heavy atom. The standard InChI is InChI=1S/C15H21FN2O/c1-2-11-7-13(16)14(18-8-11)19-12-3-5-15(6-4-12)9-17-10-15/h7-8,12,17H,2-6,9-10H2,1H3. The Kier molecular flexibility index (Phi) is 3.44. The number of hydrogen-bond donors (Lipinski definition) is 1. The molecule has 0 unspecified atom stereocenters. The number of pyridine rings is 1. The number of aromatic nitrogens is 1. The van der Waals surface area contributed by atoms with Gasteiger partial charge in [-0.25, -0.2) is 9.37 Å². The van der Waals surface area contributed by atoms with Crippen molar-refractivity contribution in [3.05, 3.63) is 23.6 Å². The second-order valence-corrected chi connectivity index (χ2v) is 5.90. The second-order valence-electron chi connectivity index (χ2n) is 5.90. The van der Waals surface area contributed by atoms with Crippen molar-refractivity contribution in [2.75, 3.05) is 13.1 Å². The fourth-order valence-electron chi connectivity index (χ4n) is 3.06.